The maximum absolute atomic E-state index is 12.6. The van der Waals surface area contributed by atoms with Crippen LogP contribution in [0, 0.1) is 6.92 Å². The number of rotatable bonds is 10. The molecule has 0 aliphatic carbocycles. The number of hydrogen-bond donors (Lipinski definition) is 1. The van der Waals surface area contributed by atoms with Crippen LogP contribution in [-0.4, -0.2) is 40.8 Å². The third-order valence-electron chi connectivity index (χ3n) is 4.45. The summed E-state index contributed by atoms with van der Waals surface area (Å²) in [5, 5.41) is 2.68. The number of amides is 1. The van der Waals surface area contributed by atoms with Crippen LogP contribution in [-0.2, 0) is 30.3 Å². The van der Waals surface area contributed by atoms with Gasteiger partial charge < -0.3 is 14.8 Å². The Bertz CT molecular complexity index is 984. The third kappa shape index (κ3) is 7.10. The number of alkyl halides is 2. The summed E-state index contributed by atoms with van der Waals surface area (Å²) in [5.74, 6) is -2.43. The number of ether oxygens (including phenoxy) is 1. The van der Waals surface area contributed by atoms with Crippen LogP contribution in [0.15, 0.2) is 42.5 Å². The van der Waals surface area contributed by atoms with Gasteiger partial charge in [-0.25, -0.2) is 4.39 Å². The summed E-state index contributed by atoms with van der Waals surface area (Å²) in [6.45, 7) is 0.632. The molecule has 0 heterocycles. The van der Waals surface area contributed by atoms with E-state index in [-0.39, 0.29) is 12.8 Å². The number of carbonyl (C=O) groups excluding carboxylic acids is 4. The first-order valence-electron chi connectivity index (χ1n) is 9.27. The number of Topliss-reactive ketones (excluding diaryl/α,β-unsaturated/α-hetero) is 1. The van der Waals surface area contributed by atoms with E-state index in [1.165, 1.54) is 0 Å². The van der Waals surface area contributed by atoms with E-state index in [0.29, 0.717) is 16.9 Å². The van der Waals surface area contributed by atoms with Gasteiger partial charge in [0.1, 0.15) is 13.0 Å². The standard InChI is InChI=1S/C22H20ClFINO5/c1-13-4-2-3-5-16(13)17-7-6-15(23)10-14(17)11-20(29)31-21(25)22(30)26-18(8-9-27)19(28)12-24/h2-7,9-10,18,21H,8,11-12H2,1H3,(H,26,30)/t18?,21-/m1/s1. The lowest BCUT2D eigenvalue weighted by Gasteiger charge is -2.17. The predicted octanol–water partition coefficient (Wildman–Crippen LogP) is 3.77. The van der Waals surface area contributed by atoms with Crippen molar-refractivity contribution < 1.29 is 28.3 Å². The van der Waals surface area contributed by atoms with Crippen molar-refractivity contribution in [1.82, 2.24) is 5.32 Å². The highest BCUT2D eigenvalue weighted by atomic mass is 127. The Morgan fingerprint density at radius 2 is 1.90 bits per heavy atom. The van der Waals surface area contributed by atoms with Crippen LogP contribution in [0.3, 0.4) is 0 Å². The Balaban J connectivity index is 2.11. The van der Waals surface area contributed by atoms with Gasteiger partial charge in [-0.3, -0.25) is 14.4 Å². The number of carbonyl (C=O) groups is 4. The lowest BCUT2D eigenvalue weighted by Crippen LogP contribution is -2.45. The Labute approximate surface area is 197 Å². The zero-order valence-corrected chi connectivity index (χ0v) is 19.5. The molecular formula is C22H20ClFINO5. The molecule has 1 N–H and O–H groups in total. The summed E-state index contributed by atoms with van der Waals surface area (Å²) in [4.78, 5) is 46.8. The van der Waals surface area contributed by atoms with Gasteiger partial charge in [-0.05, 0) is 63.9 Å². The molecule has 0 aliphatic heterocycles. The second-order valence-electron chi connectivity index (χ2n) is 6.66. The van der Waals surface area contributed by atoms with E-state index in [0.717, 1.165) is 16.7 Å². The number of benzene rings is 2. The number of aldehydes is 1. The van der Waals surface area contributed by atoms with Crippen molar-refractivity contribution in [3.05, 3.63) is 58.6 Å². The van der Waals surface area contributed by atoms with Crippen LogP contribution >= 0.6 is 34.2 Å². The van der Waals surface area contributed by atoms with E-state index < -0.39 is 34.5 Å². The molecule has 2 atom stereocenters. The number of nitrogens with one attached hydrogen (secondary N) is 1. The van der Waals surface area contributed by atoms with Gasteiger partial charge in [0.25, 0.3) is 5.91 Å². The average Bonchev–Trinajstić information content (AvgIpc) is 2.73. The van der Waals surface area contributed by atoms with Crippen LogP contribution in [0.5, 0.6) is 0 Å². The third-order valence-corrected chi connectivity index (χ3v) is 5.50. The van der Waals surface area contributed by atoms with Crippen molar-refractivity contribution >= 4 is 58.1 Å². The normalized spacial score (nSPS) is 12.5. The molecule has 164 valence electrons. The smallest absolute Gasteiger partial charge is 0.311 e. The van der Waals surface area contributed by atoms with Crippen LogP contribution in [0.2, 0.25) is 5.02 Å². The predicted molar refractivity (Wildman–Crippen MR) is 123 cm³/mol. The van der Waals surface area contributed by atoms with E-state index in [4.69, 9.17) is 16.3 Å². The highest BCUT2D eigenvalue weighted by Crippen LogP contribution is 2.29. The molecule has 2 rings (SSSR count). The second kappa shape index (κ2) is 11.9. The first kappa shape index (κ1) is 24.9. The van der Waals surface area contributed by atoms with E-state index in [9.17, 15) is 23.6 Å². The molecule has 2 aromatic rings. The van der Waals surface area contributed by atoms with Crippen molar-refractivity contribution in [3.8, 4) is 11.1 Å². The fourth-order valence-electron chi connectivity index (χ4n) is 2.91. The van der Waals surface area contributed by atoms with Gasteiger partial charge in [0, 0.05) is 11.4 Å². The lowest BCUT2D eigenvalue weighted by molar-refractivity contribution is -0.149. The lowest BCUT2D eigenvalue weighted by atomic mass is 9.94. The number of esters is 1. The Morgan fingerprint density at radius 1 is 1.19 bits per heavy atom. The quantitative estimate of drug-likeness (QED) is 0.207. The van der Waals surface area contributed by atoms with Gasteiger partial charge in [0.05, 0.1) is 12.5 Å². The molecular weight excluding hydrogens is 540 g/mol. The summed E-state index contributed by atoms with van der Waals surface area (Å²) in [6, 6.07) is 11.6. The number of hydrogen-bond acceptors (Lipinski definition) is 5. The summed E-state index contributed by atoms with van der Waals surface area (Å²) in [7, 11) is 0. The summed E-state index contributed by atoms with van der Waals surface area (Å²) in [5.41, 5.74) is 3.40. The maximum Gasteiger partial charge on any atom is 0.311 e. The minimum absolute atomic E-state index is 0.141. The molecule has 1 amide bonds. The summed E-state index contributed by atoms with van der Waals surface area (Å²) >= 11 is 7.69. The van der Waals surface area contributed by atoms with Crippen LogP contribution in [0.1, 0.15) is 17.5 Å². The molecule has 0 fully saturated rings. The highest BCUT2D eigenvalue weighted by molar-refractivity contribution is 14.1. The monoisotopic (exact) mass is 559 g/mol. The van der Waals surface area contributed by atoms with E-state index in [2.05, 4.69) is 5.32 Å². The Hall–Kier alpha value is -2.33. The summed E-state index contributed by atoms with van der Waals surface area (Å²) < 4.78 is 16.5. The zero-order valence-electron chi connectivity index (χ0n) is 16.6. The average molecular weight is 560 g/mol. The molecule has 0 saturated carbocycles. The molecule has 0 bridgehead atoms. The van der Waals surface area contributed by atoms with Crippen molar-refractivity contribution in [2.24, 2.45) is 0 Å². The zero-order chi connectivity index (χ0) is 23.0. The summed E-state index contributed by atoms with van der Waals surface area (Å²) in [6.07, 6.45) is -0.106. The Kier molecular flexibility index (Phi) is 9.57. The van der Waals surface area contributed by atoms with Crippen molar-refractivity contribution in [2.75, 3.05) is 6.67 Å². The highest BCUT2D eigenvalue weighted by Gasteiger charge is 2.26. The fraction of sp³-hybridized carbons (Fsp3) is 0.273. The molecule has 0 aliphatic rings. The molecule has 31 heavy (non-hydrogen) atoms. The maximum atomic E-state index is 12.6. The topological polar surface area (TPSA) is 89.5 Å². The number of aryl methyl sites for hydroxylation is 1. The van der Waals surface area contributed by atoms with E-state index >= 15 is 0 Å². The van der Waals surface area contributed by atoms with Gasteiger partial charge >= 0.3 is 5.97 Å². The van der Waals surface area contributed by atoms with Crippen molar-refractivity contribution in [3.63, 3.8) is 0 Å². The minimum atomic E-state index is -1.32. The van der Waals surface area contributed by atoms with E-state index in [1.807, 2.05) is 37.3 Å². The molecule has 0 saturated heterocycles. The van der Waals surface area contributed by atoms with Gasteiger partial charge in [-0.2, -0.15) is 0 Å². The van der Waals surface area contributed by atoms with Gasteiger partial charge in [-0.15, -0.1) is 0 Å². The first-order valence-corrected chi connectivity index (χ1v) is 10.9. The number of ketones is 1. The largest absolute Gasteiger partial charge is 0.441 e. The van der Waals surface area contributed by atoms with Crippen LogP contribution in [0.4, 0.5) is 4.39 Å². The second-order valence-corrected chi connectivity index (χ2v) is 8.23. The van der Waals surface area contributed by atoms with Crippen LogP contribution in [0.25, 0.3) is 11.1 Å². The molecule has 2 aromatic carbocycles. The van der Waals surface area contributed by atoms with Gasteiger partial charge in [0.15, 0.2) is 5.78 Å². The molecule has 9 heteroatoms. The van der Waals surface area contributed by atoms with Crippen molar-refractivity contribution in [1.29, 1.82) is 0 Å². The van der Waals surface area contributed by atoms with Crippen molar-refractivity contribution in [2.45, 2.75) is 29.9 Å². The molecule has 0 aromatic heterocycles. The van der Waals surface area contributed by atoms with Crippen LogP contribution < -0.4 is 5.32 Å². The number of halogens is 3. The molecule has 0 spiro atoms. The van der Waals surface area contributed by atoms with E-state index in [1.54, 1.807) is 34.7 Å². The minimum Gasteiger partial charge on any atom is -0.441 e. The Morgan fingerprint density at radius 3 is 2.55 bits per heavy atom. The molecule has 0 radical (unpaired) electrons. The SMILES string of the molecule is Cc1ccccc1-c1ccc(Cl)cc1CC(=O)O[C@@H](I)C(=O)NC(CC=O)C(=O)CF. The molecule has 6 nitrogen and oxygen atoms in total. The first-order chi connectivity index (χ1) is 14.8. The van der Waals surface area contributed by atoms with Gasteiger partial charge in [0.2, 0.25) is 4.11 Å². The molecule has 1 unspecified atom stereocenters. The van der Waals surface area contributed by atoms with Gasteiger partial charge in [-0.1, -0.05) is 41.9 Å². The fourth-order valence-corrected chi connectivity index (χ4v) is 3.57.